The van der Waals surface area contributed by atoms with Gasteiger partial charge in [0.1, 0.15) is 17.5 Å². The van der Waals surface area contributed by atoms with Gasteiger partial charge in [-0.1, -0.05) is 30.3 Å². The van der Waals surface area contributed by atoms with Gasteiger partial charge < -0.3 is 15.0 Å². The molecule has 1 aliphatic rings. The molecule has 2 heterocycles. The number of likely N-dealkylation sites (N-methyl/N-ethyl adjacent to an activating group) is 1. The fraction of sp³-hybridized carbons (Fsp3) is 0.348. The molecule has 0 radical (unpaired) electrons. The summed E-state index contributed by atoms with van der Waals surface area (Å²) in [6, 6.07) is 14.7. The zero-order chi connectivity index (χ0) is 21.1. The van der Waals surface area contributed by atoms with Crippen LogP contribution in [-0.4, -0.2) is 48.5 Å². The first-order valence-electron chi connectivity index (χ1n) is 10.4. The molecule has 2 atom stereocenters. The first kappa shape index (κ1) is 20.1. The van der Waals surface area contributed by atoms with Crippen LogP contribution in [0.4, 0.5) is 0 Å². The van der Waals surface area contributed by atoms with Gasteiger partial charge in [-0.2, -0.15) is 9.78 Å². The molecule has 156 valence electrons. The van der Waals surface area contributed by atoms with Gasteiger partial charge in [-0.3, -0.25) is 9.59 Å². The summed E-state index contributed by atoms with van der Waals surface area (Å²) in [6.45, 7) is 4.98. The molecule has 0 spiro atoms. The fourth-order valence-corrected chi connectivity index (χ4v) is 4.32. The van der Waals surface area contributed by atoms with Crippen molar-refractivity contribution in [2.75, 3.05) is 26.7 Å². The van der Waals surface area contributed by atoms with Crippen LogP contribution < -0.4 is 20.5 Å². The molecule has 7 heteroatoms. The molecule has 2 N–H and O–H groups in total. The summed E-state index contributed by atoms with van der Waals surface area (Å²) in [7, 11) is 1.54. The van der Waals surface area contributed by atoms with Gasteiger partial charge in [0.2, 0.25) is 0 Å². The van der Waals surface area contributed by atoms with Crippen LogP contribution in [0.25, 0.3) is 16.5 Å². The Hall–Kier alpha value is -3.19. The van der Waals surface area contributed by atoms with Gasteiger partial charge in [-0.05, 0) is 25.1 Å². The van der Waals surface area contributed by atoms with Gasteiger partial charge in [-0.25, -0.2) is 0 Å². The van der Waals surface area contributed by atoms with E-state index in [-0.39, 0.29) is 17.2 Å². The summed E-state index contributed by atoms with van der Waals surface area (Å²) in [5.41, 5.74) is 0.457. The largest absolute Gasteiger partial charge is 0.494 e. The number of para-hydroxylation sites is 2. The number of nitrogens with zero attached hydrogens (tertiary/aromatic N) is 2. The number of methoxy groups -OCH3 is 1. The molecule has 0 aliphatic carbocycles. The van der Waals surface area contributed by atoms with Crippen LogP contribution in [0.1, 0.15) is 30.3 Å². The van der Waals surface area contributed by atoms with Crippen molar-refractivity contribution in [3.8, 4) is 11.4 Å². The first-order chi connectivity index (χ1) is 14.6. The Bertz CT molecular complexity index is 1120. The molecule has 1 amide bonds. The molecule has 1 saturated heterocycles. The Morgan fingerprint density at radius 2 is 1.93 bits per heavy atom. The number of aromatic nitrogens is 2. The van der Waals surface area contributed by atoms with Crippen molar-refractivity contribution in [3.63, 3.8) is 0 Å². The normalized spacial score (nSPS) is 18.5. The summed E-state index contributed by atoms with van der Waals surface area (Å²) in [6.07, 6.45) is 2.29. The van der Waals surface area contributed by atoms with Gasteiger partial charge in [0.25, 0.3) is 11.5 Å². The lowest BCUT2D eigenvalue weighted by atomic mass is 10.1. The lowest BCUT2D eigenvalue weighted by Gasteiger charge is -2.20. The Kier molecular flexibility index (Phi) is 5.81. The standard InChI is InChI=1S/C23H26N4O3/c1-3-26-14-8-9-16(26)15-24-22(28)21-17-10-4-5-11-18(17)23(29)27(25-21)19-12-6-7-13-20(19)30-2/h4-7,10-13,16H,3,8-9,14-15H2,1-2H3,(H,24,28)/p+1. The Labute approximate surface area is 175 Å². The number of rotatable bonds is 6. The number of carbonyl (C=O) groups excluding carboxylic acids is 1. The van der Waals surface area contributed by atoms with E-state index in [2.05, 4.69) is 17.3 Å². The fourth-order valence-electron chi connectivity index (χ4n) is 4.32. The highest BCUT2D eigenvalue weighted by Gasteiger charge is 2.28. The number of hydrogen-bond acceptors (Lipinski definition) is 4. The van der Waals surface area contributed by atoms with Crippen molar-refractivity contribution < 1.29 is 14.4 Å². The van der Waals surface area contributed by atoms with Crippen molar-refractivity contribution in [1.29, 1.82) is 0 Å². The number of nitrogens with one attached hydrogen (secondary N) is 2. The first-order valence-corrected chi connectivity index (χ1v) is 10.4. The topological polar surface area (TPSA) is 77.7 Å². The molecule has 7 nitrogen and oxygen atoms in total. The molecule has 1 aliphatic heterocycles. The van der Waals surface area contributed by atoms with E-state index in [1.54, 1.807) is 37.4 Å². The molecular weight excluding hydrogens is 380 g/mol. The van der Waals surface area contributed by atoms with Crippen molar-refractivity contribution in [1.82, 2.24) is 15.1 Å². The molecule has 30 heavy (non-hydrogen) atoms. The minimum Gasteiger partial charge on any atom is -0.494 e. The van der Waals surface area contributed by atoms with E-state index in [0.717, 1.165) is 19.5 Å². The lowest BCUT2D eigenvalue weighted by molar-refractivity contribution is -0.909. The molecule has 1 aromatic heterocycles. The quantitative estimate of drug-likeness (QED) is 0.644. The highest BCUT2D eigenvalue weighted by molar-refractivity contribution is 6.04. The zero-order valence-corrected chi connectivity index (χ0v) is 17.4. The van der Waals surface area contributed by atoms with E-state index in [1.807, 2.05) is 18.2 Å². The highest BCUT2D eigenvalue weighted by atomic mass is 16.5. The lowest BCUT2D eigenvalue weighted by Crippen LogP contribution is -3.14. The van der Waals surface area contributed by atoms with Crippen LogP contribution in [0.3, 0.4) is 0 Å². The number of quaternary nitrogens is 1. The maximum atomic E-state index is 13.1. The average molecular weight is 407 g/mol. The number of ether oxygens (including phenoxy) is 1. The van der Waals surface area contributed by atoms with E-state index < -0.39 is 0 Å². The molecule has 2 unspecified atom stereocenters. The predicted octanol–water partition coefficient (Wildman–Crippen LogP) is 1.19. The van der Waals surface area contributed by atoms with Crippen LogP contribution in [0.5, 0.6) is 5.75 Å². The average Bonchev–Trinajstić information content (AvgIpc) is 3.25. The molecule has 2 aromatic carbocycles. The third kappa shape index (κ3) is 3.68. The molecule has 1 fully saturated rings. The Morgan fingerprint density at radius 3 is 2.70 bits per heavy atom. The SMILES string of the molecule is CC[NH+]1CCCC1CNC(=O)c1nn(-c2ccccc2OC)c(=O)c2ccccc12. The number of fused-ring (bicyclic) bond motifs is 1. The van der Waals surface area contributed by atoms with Gasteiger partial charge in [0.05, 0.1) is 32.1 Å². The predicted molar refractivity (Wildman–Crippen MR) is 116 cm³/mol. The minimum atomic E-state index is -0.288. The summed E-state index contributed by atoms with van der Waals surface area (Å²) in [4.78, 5) is 27.8. The summed E-state index contributed by atoms with van der Waals surface area (Å²) in [5, 5.41) is 8.53. The van der Waals surface area contributed by atoms with Gasteiger partial charge in [0, 0.05) is 18.2 Å². The molecular formula is C23H27N4O3+. The van der Waals surface area contributed by atoms with Crippen molar-refractivity contribution >= 4 is 16.7 Å². The van der Waals surface area contributed by atoms with E-state index in [0.29, 0.717) is 34.8 Å². The van der Waals surface area contributed by atoms with Crippen LogP contribution >= 0.6 is 0 Å². The molecule has 4 rings (SSSR count). The highest BCUT2D eigenvalue weighted by Crippen LogP contribution is 2.22. The van der Waals surface area contributed by atoms with Crippen LogP contribution in [-0.2, 0) is 0 Å². The monoisotopic (exact) mass is 407 g/mol. The van der Waals surface area contributed by atoms with Crippen LogP contribution in [0.15, 0.2) is 53.3 Å². The minimum absolute atomic E-state index is 0.243. The summed E-state index contributed by atoms with van der Waals surface area (Å²) >= 11 is 0. The molecule has 0 bridgehead atoms. The second-order valence-electron chi connectivity index (χ2n) is 7.59. The second-order valence-corrected chi connectivity index (χ2v) is 7.59. The zero-order valence-electron chi connectivity index (χ0n) is 17.4. The third-order valence-corrected chi connectivity index (χ3v) is 5.92. The van der Waals surface area contributed by atoms with Crippen LogP contribution in [0, 0.1) is 0 Å². The van der Waals surface area contributed by atoms with Gasteiger partial charge >= 0.3 is 0 Å². The van der Waals surface area contributed by atoms with Crippen molar-refractivity contribution in [3.05, 3.63) is 64.6 Å². The summed E-state index contributed by atoms with van der Waals surface area (Å²) < 4.78 is 6.66. The van der Waals surface area contributed by atoms with Gasteiger partial charge in [0.15, 0.2) is 5.69 Å². The van der Waals surface area contributed by atoms with Crippen molar-refractivity contribution in [2.24, 2.45) is 0 Å². The number of carbonyl (C=O) groups is 1. The number of likely N-dealkylation sites (tertiary alicyclic amines) is 1. The Morgan fingerprint density at radius 1 is 1.20 bits per heavy atom. The second kappa shape index (κ2) is 8.67. The van der Waals surface area contributed by atoms with Crippen molar-refractivity contribution in [2.45, 2.75) is 25.8 Å². The van der Waals surface area contributed by atoms with E-state index in [1.165, 1.54) is 16.0 Å². The molecule has 0 saturated carbocycles. The number of amides is 1. The number of hydrogen-bond donors (Lipinski definition) is 2. The maximum Gasteiger partial charge on any atom is 0.279 e. The smallest absolute Gasteiger partial charge is 0.279 e. The maximum absolute atomic E-state index is 13.1. The van der Waals surface area contributed by atoms with Crippen LogP contribution in [0.2, 0.25) is 0 Å². The number of benzene rings is 2. The third-order valence-electron chi connectivity index (χ3n) is 5.92. The van der Waals surface area contributed by atoms with E-state index in [9.17, 15) is 9.59 Å². The van der Waals surface area contributed by atoms with E-state index in [4.69, 9.17) is 4.74 Å². The Balaban J connectivity index is 1.75. The molecule has 3 aromatic rings. The van der Waals surface area contributed by atoms with Gasteiger partial charge in [-0.15, -0.1) is 0 Å². The van der Waals surface area contributed by atoms with E-state index >= 15 is 0 Å². The summed E-state index contributed by atoms with van der Waals surface area (Å²) in [5.74, 6) is 0.249.